The third-order valence-corrected chi connectivity index (χ3v) is 5.43. The Morgan fingerprint density at radius 2 is 1.71 bits per heavy atom. The number of halogens is 1. The summed E-state index contributed by atoms with van der Waals surface area (Å²) in [6.45, 7) is 3.86. The van der Waals surface area contributed by atoms with E-state index in [1.165, 1.54) is 36.7 Å². The van der Waals surface area contributed by atoms with Gasteiger partial charge >= 0.3 is 0 Å². The maximum Gasteiger partial charge on any atom is 0.264 e. The number of sulfonamides is 1. The van der Waals surface area contributed by atoms with Gasteiger partial charge in [0.1, 0.15) is 11.5 Å². The number of anilines is 1. The molecule has 2 rings (SSSR count). The highest BCUT2D eigenvalue weighted by Crippen LogP contribution is 2.30. The molecule has 0 spiro atoms. The number of hydrogen-bond donors (Lipinski definition) is 0. The number of ether oxygens (including phenoxy) is 2. The van der Waals surface area contributed by atoms with Gasteiger partial charge in [-0.3, -0.25) is 4.31 Å². The molecule has 7 heteroatoms. The first kappa shape index (κ1) is 18.4. The highest BCUT2D eigenvalue weighted by molar-refractivity contribution is 7.92. The Kier molecular flexibility index (Phi) is 5.62. The fraction of sp³-hybridized carbons (Fsp3) is 0.294. The Balaban J connectivity index is 2.30. The molecule has 24 heavy (non-hydrogen) atoms. The standard InChI is InChI=1S/C17H20ClNO4S/c1-12(2)23-14-7-5-13(6-8-14)19(3)24(20,21)15-9-10-17(22-4)16(18)11-15/h5-12H,1-4H3. The van der Waals surface area contributed by atoms with Gasteiger partial charge in [0.15, 0.2) is 0 Å². The molecule has 0 heterocycles. The zero-order valence-corrected chi connectivity index (χ0v) is 15.6. The molecule has 2 aromatic carbocycles. The van der Waals surface area contributed by atoms with Crippen LogP contribution in [0.15, 0.2) is 47.4 Å². The van der Waals surface area contributed by atoms with Crippen molar-refractivity contribution in [3.8, 4) is 11.5 Å². The van der Waals surface area contributed by atoms with Gasteiger partial charge in [-0.25, -0.2) is 8.42 Å². The van der Waals surface area contributed by atoms with E-state index in [1.54, 1.807) is 24.3 Å². The molecule has 0 atom stereocenters. The smallest absolute Gasteiger partial charge is 0.264 e. The Bertz CT molecular complexity index is 804. The number of methoxy groups -OCH3 is 1. The van der Waals surface area contributed by atoms with E-state index < -0.39 is 10.0 Å². The molecule has 0 aromatic heterocycles. The lowest BCUT2D eigenvalue weighted by Gasteiger charge is -2.20. The largest absolute Gasteiger partial charge is 0.495 e. The van der Waals surface area contributed by atoms with Gasteiger partial charge in [-0.2, -0.15) is 0 Å². The zero-order chi connectivity index (χ0) is 17.9. The quantitative estimate of drug-likeness (QED) is 0.773. The summed E-state index contributed by atoms with van der Waals surface area (Å²) in [6.07, 6.45) is 0.0544. The van der Waals surface area contributed by atoms with Crippen molar-refractivity contribution in [3.63, 3.8) is 0 Å². The highest BCUT2D eigenvalue weighted by atomic mass is 35.5. The zero-order valence-electron chi connectivity index (χ0n) is 14.0. The molecule has 0 fully saturated rings. The lowest BCUT2D eigenvalue weighted by atomic mass is 10.3. The minimum atomic E-state index is -3.72. The van der Waals surface area contributed by atoms with E-state index >= 15 is 0 Å². The normalized spacial score (nSPS) is 11.4. The summed E-state index contributed by atoms with van der Waals surface area (Å²) in [4.78, 5) is 0.0957. The Labute approximate surface area is 147 Å². The lowest BCUT2D eigenvalue weighted by Crippen LogP contribution is -2.26. The molecule has 5 nitrogen and oxygen atoms in total. The van der Waals surface area contributed by atoms with E-state index in [1.807, 2.05) is 13.8 Å². The number of rotatable bonds is 6. The molecular weight excluding hydrogens is 350 g/mol. The first-order chi connectivity index (χ1) is 11.3. The van der Waals surface area contributed by atoms with E-state index in [0.717, 1.165) is 0 Å². The second-order valence-electron chi connectivity index (χ2n) is 5.43. The van der Waals surface area contributed by atoms with Crippen molar-refractivity contribution in [1.29, 1.82) is 0 Å². The summed E-state index contributed by atoms with van der Waals surface area (Å²) >= 11 is 6.03. The van der Waals surface area contributed by atoms with Gasteiger partial charge in [-0.1, -0.05) is 11.6 Å². The minimum absolute atomic E-state index is 0.0544. The Morgan fingerprint density at radius 3 is 2.21 bits per heavy atom. The summed E-state index contributed by atoms with van der Waals surface area (Å²) in [7, 11) is -0.757. The molecule has 0 saturated carbocycles. The Morgan fingerprint density at radius 1 is 1.08 bits per heavy atom. The first-order valence-corrected chi connectivity index (χ1v) is 9.16. The van der Waals surface area contributed by atoms with Crippen LogP contribution in [0.25, 0.3) is 0 Å². The van der Waals surface area contributed by atoms with Crippen LogP contribution in [0, 0.1) is 0 Å². The van der Waals surface area contributed by atoms with Gasteiger partial charge in [0.05, 0.1) is 28.8 Å². The van der Waals surface area contributed by atoms with E-state index in [4.69, 9.17) is 21.1 Å². The fourth-order valence-electron chi connectivity index (χ4n) is 2.11. The monoisotopic (exact) mass is 369 g/mol. The van der Waals surface area contributed by atoms with Crippen molar-refractivity contribution in [3.05, 3.63) is 47.5 Å². The third kappa shape index (κ3) is 3.94. The van der Waals surface area contributed by atoms with Gasteiger partial charge in [0, 0.05) is 7.05 Å². The summed E-state index contributed by atoms with van der Waals surface area (Å²) in [5.74, 6) is 1.11. The van der Waals surface area contributed by atoms with E-state index in [9.17, 15) is 8.42 Å². The molecular formula is C17H20ClNO4S. The van der Waals surface area contributed by atoms with Crippen molar-refractivity contribution in [2.45, 2.75) is 24.8 Å². The average Bonchev–Trinajstić information content (AvgIpc) is 2.54. The maximum atomic E-state index is 12.7. The van der Waals surface area contributed by atoms with Crippen LogP contribution in [0.1, 0.15) is 13.8 Å². The van der Waals surface area contributed by atoms with Crippen LogP contribution in [0.4, 0.5) is 5.69 Å². The van der Waals surface area contributed by atoms with Gasteiger partial charge in [-0.15, -0.1) is 0 Å². The molecule has 0 saturated heterocycles. The number of hydrogen-bond acceptors (Lipinski definition) is 4. The van der Waals surface area contributed by atoms with E-state index in [0.29, 0.717) is 17.2 Å². The minimum Gasteiger partial charge on any atom is -0.495 e. The molecule has 0 N–H and O–H groups in total. The fourth-order valence-corrected chi connectivity index (χ4v) is 3.66. The van der Waals surface area contributed by atoms with Crippen LogP contribution in [-0.4, -0.2) is 28.7 Å². The topological polar surface area (TPSA) is 55.8 Å². The molecule has 0 amide bonds. The van der Waals surface area contributed by atoms with Crippen LogP contribution in [0.3, 0.4) is 0 Å². The van der Waals surface area contributed by atoms with Crippen molar-refractivity contribution < 1.29 is 17.9 Å². The summed E-state index contributed by atoms with van der Waals surface area (Å²) < 4.78 is 37.3. The molecule has 0 aliphatic carbocycles. The molecule has 0 bridgehead atoms. The van der Waals surface area contributed by atoms with Crippen LogP contribution in [0.2, 0.25) is 5.02 Å². The highest BCUT2D eigenvalue weighted by Gasteiger charge is 2.22. The summed E-state index contributed by atoms with van der Waals surface area (Å²) in [5, 5.41) is 0.243. The van der Waals surface area contributed by atoms with Crippen LogP contribution < -0.4 is 13.8 Å². The van der Waals surface area contributed by atoms with Gasteiger partial charge in [0.25, 0.3) is 10.0 Å². The molecule has 2 aromatic rings. The second-order valence-corrected chi connectivity index (χ2v) is 7.81. The molecule has 0 radical (unpaired) electrons. The molecule has 130 valence electrons. The van der Waals surface area contributed by atoms with Crippen molar-refractivity contribution >= 4 is 27.3 Å². The SMILES string of the molecule is COc1ccc(S(=O)(=O)N(C)c2ccc(OC(C)C)cc2)cc1Cl. The third-order valence-electron chi connectivity index (χ3n) is 3.35. The average molecular weight is 370 g/mol. The lowest BCUT2D eigenvalue weighted by molar-refractivity contribution is 0.242. The summed E-state index contributed by atoms with van der Waals surface area (Å²) in [5.41, 5.74) is 0.526. The molecule has 0 unspecified atom stereocenters. The predicted molar refractivity (Wildman–Crippen MR) is 95.8 cm³/mol. The second kappa shape index (κ2) is 7.32. The molecule has 0 aliphatic heterocycles. The van der Waals surface area contributed by atoms with E-state index in [2.05, 4.69) is 0 Å². The number of benzene rings is 2. The van der Waals surface area contributed by atoms with Crippen LogP contribution in [-0.2, 0) is 10.0 Å². The van der Waals surface area contributed by atoms with Crippen LogP contribution >= 0.6 is 11.6 Å². The Hall–Kier alpha value is -1.92. The van der Waals surface area contributed by atoms with Gasteiger partial charge < -0.3 is 9.47 Å². The van der Waals surface area contributed by atoms with Crippen molar-refractivity contribution in [1.82, 2.24) is 0 Å². The number of nitrogens with zero attached hydrogens (tertiary/aromatic N) is 1. The van der Waals surface area contributed by atoms with E-state index in [-0.39, 0.29) is 16.0 Å². The van der Waals surface area contributed by atoms with Crippen LogP contribution in [0.5, 0.6) is 11.5 Å². The predicted octanol–water partition coefficient (Wildman–Crippen LogP) is 3.96. The summed E-state index contributed by atoms with van der Waals surface area (Å²) in [6, 6.07) is 11.2. The van der Waals surface area contributed by atoms with Crippen molar-refractivity contribution in [2.24, 2.45) is 0 Å². The van der Waals surface area contributed by atoms with Gasteiger partial charge in [-0.05, 0) is 56.3 Å². The first-order valence-electron chi connectivity index (χ1n) is 7.35. The van der Waals surface area contributed by atoms with Gasteiger partial charge in [0.2, 0.25) is 0 Å². The van der Waals surface area contributed by atoms with Crippen molar-refractivity contribution in [2.75, 3.05) is 18.5 Å². The maximum absolute atomic E-state index is 12.7. The molecule has 0 aliphatic rings.